The van der Waals surface area contributed by atoms with Gasteiger partial charge in [-0.05, 0) is 20.3 Å². The van der Waals surface area contributed by atoms with Gasteiger partial charge in [-0.15, -0.1) is 10.2 Å². The second kappa shape index (κ2) is 6.49. The summed E-state index contributed by atoms with van der Waals surface area (Å²) in [6.07, 6.45) is 0.467. The molecule has 10 heteroatoms. The summed E-state index contributed by atoms with van der Waals surface area (Å²) in [5.74, 6) is 0.176. The second-order valence-corrected chi connectivity index (χ2v) is 9.53. The predicted octanol–water partition coefficient (Wildman–Crippen LogP) is 0.755. The molecule has 1 amide bonds. The SMILES string of the molecule is CCNc1nnc(SCC(=O)NC2(C)CCS(=O)(=O)C2)s1. The summed E-state index contributed by atoms with van der Waals surface area (Å²) >= 11 is 2.70. The first-order valence-corrected chi connectivity index (χ1v) is 10.2. The topological polar surface area (TPSA) is 101 Å². The number of amides is 1. The number of carbonyl (C=O) groups excluding carboxylic acids is 1. The first-order chi connectivity index (χ1) is 9.82. The summed E-state index contributed by atoms with van der Waals surface area (Å²) in [5, 5.41) is 14.5. The van der Waals surface area contributed by atoms with Crippen molar-refractivity contribution in [3.63, 3.8) is 0 Å². The zero-order valence-corrected chi connectivity index (χ0v) is 14.3. The fourth-order valence-electron chi connectivity index (χ4n) is 2.10. The molecule has 1 fully saturated rings. The summed E-state index contributed by atoms with van der Waals surface area (Å²) in [5.41, 5.74) is -0.646. The van der Waals surface area contributed by atoms with Crippen LogP contribution in [0.1, 0.15) is 20.3 Å². The number of anilines is 1. The van der Waals surface area contributed by atoms with Crippen LogP contribution >= 0.6 is 23.1 Å². The van der Waals surface area contributed by atoms with Crippen molar-refractivity contribution in [2.75, 3.05) is 29.1 Å². The van der Waals surface area contributed by atoms with Crippen LogP contribution < -0.4 is 10.6 Å². The number of sulfone groups is 1. The molecule has 1 atom stereocenters. The number of hydrogen-bond donors (Lipinski definition) is 2. The lowest BCUT2D eigenvalue weighted by molar-refractivity contribution is -0.120. The third-order valence-electron chi connectivity index (χ3n) is 3.01. The maximum absolute atomic E-state index is 11.9. The lowest BCUT2D eigenvalue weighted by atomic mass is 10.0. The lowest BCUT2D eigenvalue weighted by Gasteiger charge is -2.23. The third-order valence-corrected chi connectivity index (χ3v) is 6.92. The van der Waals surface area contributed by atoms with Crippen LogP contribution in [0.5, 0.6) is 0 Å². The average Bonchev–Trinajstić information content (AvgIpc) is 2.92. The maximum Gasteiger partial charge on any atom is 0.230 e. The minimum Gasteiger partial charge on any atom is -0.360 e. The Hall–Kier alpha value is -0.870. The van der Waals surface area contributed by atoms with E-state index in [4.69, 9.17) is 0 Å². The van der Waals surface area contributed by atoms with Gasteiger partial charge < -0.3 is 10.6 Å². The highest BCUT2D eigenvalue weighted by atomic mass is 32.2. The van der Waals surface area contributed by atoms with Crippen molar-refractivity contribution in [2.45, 2.75) is 30.1 Å². The van der Waals surface area contributed by atoms with E-state index in [1.165, 1.54) is 23.1 Å². The fraction of sp³-hybridized carbons (Fsp3) is 0.727. The van der Waals surface area contributed by atoms with Crippen LogP contribution in [0, 0.1) is 0 Å². The Balaban J connectivity index is 1.82. The second-order valence-electron chi connectivity index (χ2n) is 5.14. The summed E-state index contributed by atoms with van der Waals surface area (Å²) < 4.78 is 23.7. The highest BCUT2D eigenvalue weighted by molar-refractivity contribution is 8.01. The predicted molar refractivity (Wildman–Crippen MR) is 84.6 cm³/mol. The number of nitrogens with one attached hydrogen (secondary N) is 2. The van der Waals surface area contributed by atoms with Crippen LogP contribution in [0.25, 0.3) is 0 Å². The van der Waals surface area contributed by atoms with Crippen LogP contribution in [0.2, 0.25) is 0 Å². The molecule has 1 unspecified atom stereocenters. The van der Waals surface area contributed by atoms with Crippen molar-refractivity contribution in [2.24, 2.45) is 0 Å². The molecule has 0 radical (unpaired) electrons. The van der Waals surface area contributed by atoms with E-state index in [1.54, 1.807) is 6.92 Å². The molecule has 7 nitrogen and oxygen atoms in total. The van der Waals surface area contributed by atoms with E-state index in [0.29, 0.717) is 10.8 Å². The minimum absolute atomic E-state index is 0.0137. The summed E-state index contributed by atoms with van der Waals surface area (Å²) in [6.45, 7) is 4.51. The Kier molecular flexibility index (Phi) is 5.10. The summed E-state index contributed by atoms with van der Waals surface area (Å²) in [7, 11) is -3.02. The van der Waals surface area contributed by atoms with E-state index in [-0.39, 0.29) is 23.2 Å². The molecule has 0 saturated carbocycles. The van der Waals surface area contributed by atoms with Crippen molar-refractivity contribution in [1.82, 2.24) is 15.5 Å². The molecule has 2 heterocycles. The molecule has 2 rings (SSSR count). The number of aromatic nitrogens is 2. The molecule has 118 valence electrons. The van der Waals surface area contributed by atoms with Crippen molar-refractivity contribution < 1.29 is 13.2 Å². The van der Waals surface area contributed by atoms with Gasteiger partial charge in [0.2, 0.25) is 11.0 Å². The highest BCUT2D eigenvalue weighted by Crippen LogP contribution is 2.26. The van der Waals surface area contributed by atoms with Crippen LogP contribution in [0.4, 0.5) is 5.13 Å². The third kappa shape index (κ3) is 4.82. The molecule has 0 aromatic carbocycles. The Bertz CT molecular complexity index is 616. The quantitative estimate of drug-likeness (QED) is 0.730. The van der Waals surface area contributed by atoms with Gasteiger partial charge in [-0.2, -0.15) is 0 Å². The van der Waals surface area contributed by atoms with Crippen LogP contribution in [0.3, 0.4) is 0 Å². The Morgan fingerprint density at radius 1 is 1.48 bits per heavy atom. The van der Waals surface area contributed by atoms with Crippen LogP contribution in [0.15, 0.2) is 4.34 Å². The molecule has 21 heavy (non-hydrogen) atoms. The monoisotopic (exact) mass is 350 g/mol. The molecule has 1 aromatic rings. The smallest absolute Gasteiger partial charge is 0.230 e. The first-order valence-electron chi connectivity index (χ1n) is 6.53. The Labute approximate surface area is 132 Å². The molecule has 0 spiro atoms. The minimum atomic E-state index is -3.02. The van der Waals surface area contributed by atoms with Crippen molar-refractivity contribution in [3.8, 4) is 0 Å². The molecular weight excluding hydrogens is 332 g/mol. The van der Waals surface area contributed by atoms with Gasteiger partial charge in [-0.3, -0.25) is 4.79 Å². The number of hydrogen-bond acceptors (Lipinski definition) is 8. The standard InChI is InChI=1S/C11H18N4O3S3/c1-3-12-9-14-15-10(20-9)19-6-8(16)13-11(2)4-5-21(17,18)7-11/h3-7H2,1-2H3,(H,12,14)(H,13,16). The molecular formula is C11H18N4O3S3. The van der Waals surface area contributed by atoms with Gasteiger partial charge in [0, 0.05) is 6.54 Å². The van der Waals surface area contributed by atoms with Gasteiger partial charge in [0.15, 0.2) is 14.2 Å². The van der Waals surface area contributed by atoms with Gasteiger partial charge in [0.05, 0.1) is 22.8 Å². The van der Waals surface area contributed by atoms with E-state index in [2.05, 4.69) is 20.8 Å². The van der Waals surface area contributed by atoms with Gasteiger partial charge in [0.1, 0.15) is 0 Å². The maximum atomic E-state index is 11.9. The normalized spacial score (nSPS) is 23.9. The lowest BCUT2D eigenvalue weighted by Crippen LogP contribution is -2.47. The average molecular weight is 350 g/mol. The van der Waals surface area contributed by atoms with Gasteiger partial charge in [-0.1, -0.05) is 23.1 Å². The molecule has 1 aliphatic heterocycles. The zero-order valence-electron chi connectivity index (χ0n) is 11.9. The molecule has 2 N–H and O–H groups in total. The number of rotatable bonds is 6. The van der Waals surface area contributed by atoms with Crippen LogP contribution in [-0.4, -0.2) is 53.9 Å². The van der Waals surface area contributed by atoms with Gasteiger partial charge in [0.25, 0.3) is 0 Å². The van der Waals surface area contributed by atoms with E-state index >= 15 is 0 Å². The van der Waals surface area contributed by atoms with Crippen molar-refractivity contribution >= 4 is 44.0 Å². The molecule has 1 aromatic heterocycles. The number of nitrogens with zero attached hydrogens (tertiary/aromatic N) is 2. The molecule has 1 saturated heterocycles. The Morgan fingerprint density at radius 3 is 2.86 bits per heavy atom. The Morgan fingerprint density at radius 2 is 2.24 bits per heavy atom. The molecule has 1 aliphatic rings. The zero-order chi connectivity index (χ0) is 15.5. The first kappa shape index (κ1) is 16.5. The molecule has 0 aliphatic carbocycles. The molecule has 0 bridgehead atoms. The van der Waals surface area contributed by atoms with Crippen molar-refractivity contribution in [3.05, 3.63) is 0 Å². The van der Waals surface area contributed by atoms with E-state index in [1.807, 2.05) is 6.92 Å². The number of carbonyl (C=O) groups is 1. The fourth-order valence-corrected chi connectivity index (χ4v) is 5.81. The number of thioether (sulfide) groups is 1. The van der Waals surface area contributed by atoms with Gasteiger partial charge in [-0.25, -0.2) is 8.42 Å². The van der Waals surface area contributed by atoms with Crippen LogP contribution in [-0.2, 0) is 14.6 Å². The van der Waals surface area contributed by atoms with Crippen molar-refractivity contribution in [1.29, 1.82) is 0 Å². The van der Waals surface area contributed by atoms with E-state index in [9.17, 15) is 13.2 Å². The summed E-state index contributed by atoms with van der Waals surface area (Å²) in [6, 6.07) is 0. The highest BCUT2D eigenvalue weighted by Gasteiger charge is 2.39. The van der Waals surface area contributed by atoms with E-state index in [0.717, 1.165) is 11.7 Å². The van der Waals surface area contributed by atoms with E-state index < -0.39 is 15.4 Å². The van der Waals surface area contributed by atoms with Gasteiger partial charge >= 0.3 is 0 Å². The largest absolute Gasteiger partial charge is 0.360 e. The summed E-state index contributed by atoms with van der Waals surface area (Å²) in [4.78, 5) is 11.9.